The second kappa shape index (κ2) is 6.51. The van der Waals surface area contributed by atoms with Crippen LogP contribution < -0.4 is 5.73 Å². The fourth-order valence-electron chi connectivity index (χ4n) is 2.25. The van der Waals surface area contributed by atoms with E-state index in [9.17, 15) is 5.11 Å². The fourth-order valence-corrected chi connectivity index (χ4v) is 2.25. The Hall–Kier alpha value is -1.63. The molecular weight excluding hydrogens is 246 g/mol. The molecule has 4 N–H and O–H groups in total. The summed E-state index contributed by atoms with van der Waals surface area (Å²) >= 11 is 0. The third-order valence-electron chi connectivity index (χ3n) is 3.33. The zero-order valence-corrected chi connectivity index (χ0v) is 10.7. The molecule has 1 saturated heterocycles. The van der Waals surface area contributed by atoms with Gasteiger partial charge in [-0.3, -0.25) is 4.90 Å². The van der Waals surface area contributed by atoms with E-state index < -0.39 is 0 Å². The minimum Gasteiger partial charge on any atom is -0.409 e. The highest BCUT2D eigenvalue weighted by Crippen LogP contribution is 2.15. The summed E-state index contributed by atoms with van der Waals surface area (Å²) in [6.07, 6.45) is 0. The van der Waals surface area contributed by atoms with Gasteiger partial charge in [0.2, 0.25) is 0 Å². The number of benzene rings is 1. The lowest BCUT2D eigenvalue weighted by atomic mass is 10.1. The van der Waals surface area contributed by atoms with Gasteiger partial charge in [0.1, 0.15) is 0 Å². The summed E-state index contributed by atoms with van der Waals surface area (Å²) in [6.45, 7) is 2.65. The fraction of sp³-hybridized carbons (Fsp3) is 0.462. The quantitative estimate of drug-likeness (QED) is 0.308. The van der Waals surface area contributed by atoms with Crippen LogP contribution in [0.25, 0.3) is 0 Å². The molecule has 1 aliphatic rings. The van der Waals surface area contributed by atoms with Crippen LogP contribution >= 0.6 is 0 Å². The standard InChI is InChI=1S/C13H19N3O3/c14-13(15-18)12-4-2-1-3-10(12)7-16-5-6-19-9-11(16)8-17/h1-4,11,17-18H,5-9H2,(H2,14,15). The van der Waals surface area contributed by atoms with E-state index >= 15 is 0 Å². The van der Waals surface area contributed by atoms with Crippen LogP contribution in [-0.4, -0.2) is 53.5 Å². The highest BCUT2D eigenvalue weighted by atomic mass is 16.5. The number of rotatable bonds is 4. The molecule has 1 aromatic rings. The summed E-state index contributed by atoms with van der Waals surface area (Å²) < 4.78 is 5.35. The van der Waals surface area contributed by atoms with Crippen molar-refractivity contribution < 1.29 is 15.1 Å². The molecule has 0 saturated carbocycles. The number of nitrogens with two attached hydrogens (primary N) is 1. The average molecular weight is 265 g/mol. The van der Waals surface area contributed by atoms with Crippen LogP contribution in [0.3, 0.4) is 0 Å². The third kappa shape index (κ3) is 3.23. The van der Waals surface area contributed by atoms with Gasteiger partial charge in [0.15, 0.2) is 5.84 Å². The molecule has 0 amide bonds. The highest BCUT2D eigenvalue weighted by molar-refractivity contribution is 5.98. The van der Waals surface area contributed by atoms with Crippen LogP contribution in [-0.2, 0) is 11.3 Å². The van der Waals surface area contributed by atoms with E-state index in [-0.39, 0.29) is 18.5 Å². The number of nitrogens with zero attached hydrogens (tertiary/aromatic N) is 2. The van der Waals surface area contributed by atoms with Gasteiger partial charge < -0.3 is 20.8 Å². The van der Waals surface area contributed by atoms with Crippen molar-refractivity contribution >= 4 is 5.84 Å². The molecule has 1 heterocycles. The highest BCUT2D eigenvalue weighted by Gasteiger charge is 2.23. The minimum absolute atomic E-state index is 0.00547. The lowest BCUT2D eigenvalue weighted by molar-refractivity contribution is -0.0312. The summed E-state index contributed by atoms with van der Waals surface area (Å²) in [5, 5.41) is 21.2. The van der Waals surface area contributed by atoms with Crippen LogP contribution in [0.2, 0.25) is 0 Å². The van der Waals surface area contributed by atoms with Crippen molar-refractivity contribution in [1.82, 2.24) is 4.90 Å². The zero-order chi connectivity index (χ0) is 13.7. The Morgan fingerprint density at radius 3 is 3.00 bits per heavy atom. The van der Waals surface area contributed by atoms with Crippen molar-refractivity contribution in [2.45, 2.75) is 12.6 Å². The van der Waals surface area contributed by atoms with Gasteiger partial charge in [-0.25, -0.2) is 0 Å². The summed E-state index contributed by atoms with van der Waals surface area (Å²) in [4.78, 5) is 2.15. The number of ether oxygens (including phenoxy) is 1. The van der Waals surface area contributed by atoms with Crippen molar-refractivity contribution in [3.63, 3.8) is 0 Å². The molecule has 1 aliphatic heterocycles. The number of hydrogen-bond donors (Lipinski definition) is 3. The van der Waals surface area contributed by atoms with Gasteiger partial charge in [-0.15, -0.1) is 0 Å². The Morgan fingerprint density at radius 2 is 2.26 bits per heavy atom. The summed E-state index contributed by atoms with van der Waals surface area (Å²) in [7, 11) is 0. The van der Waals surface area contributed by atoms with Gasteiger partial charge in [0, 0.05) is 18.7 Å². The van der Waals surface area contributed by atoms with E-state index in [0.717, 1.165) is 12.1 Å². The van der Waals surface area contributed by atoms with Crippen LogP contribution in [0.15, 0.2) is 29.4 Å². The molecule has 1 atom stereocenters. The van der Waals surface area contributed by atoms with Gasteiger partial charge in [-0.05, 0) is 5.56 Å². The maximum Gasteiger partial charge on any atom is 0.170 e. The maximum absolute atomic E-state index is 9.35. The van der Waals surface area contributed by atoms with Crippen LogP contribution in [0.1, 0.15) is 11.1 Å². The average Bonchev–Trinajstić information content (AvgIpc) is 2.47. The molecule has 0 aromatic heterocycles. The second-order valence-corrected chi connectivity index (χ2v) is 4.52. The van der Waals surface area contributed by atoms with Crippen molar-refractivity contribution in [3.8, 4) is 0 Å². The molecular formula is C13H19N3O3. The van der Waals surface area contributed by atoms with Gasteiger partial charge in [0.25, 0.3) is 0 Å². The van der Waals surface area contributed by atoms with Gasteiger partial charge >= 0.3 is 0 Å². The predicted octanol–water partition coefficient (Wildman–Crippen LogP) is -0.0258. The summed E-state index contributed by atoms with van der Waals surface area (Å²) in [5.74, 6) is 0.101. The van der Waals surface area contributed by atoms with Gasteiger partial charge in [-0.1, -0.05) is 29.4 Å². The molecule has 0 radical (unpaired) electrons. The van der Waals surface area contributed by atoms with Crippen LogP contribution in [0, 0.1) is 0 Å². The monoisotopic (exact) mass is 265 g/mol. The number of aliphatic hydroxyl groups is 1. The number of hydrogen-bond acceptors (Lipinski definition) is 5. The van der Waals surface area contributed by atoms with Crippen molar-refractivity contribution in [1.29, 1.82) is 0 Å². The lowest BCUT2D eigenvalue weighted by Gasteiger charge is -2.34. The number of oxime groups is 1. The Bertz CT molecular complexity index is 451. The molecule has 1 aromatic carbocycles. The molecule has 0 aliphatic carbocycles. The Labute approximate surface area is 112 Å². The molecule has 6 nitrogen and oxygen atoms in total. The van der Waals surface area contributed by atoms with Gasteiger partial charge in [0.05, 0.1) is 25.9 Å². The summed E-state index contributed by atoms with van der Waals surface area (Å²) in [6, 6.07) is 7.52. The molecule has 1 unspecified atom stereocenters. The largest absolute Gasteiger partial charge is 0.409 e. The van der Waals surface area contributed by atoms with Crippen LogP contribution in [0.4, 0.5) is 0 Å². The van der Waals surface area contributed by atoms with E-state index in [1.165, 1.54) is 0 Å². The SMILES string of the molecule is N/C(=N/O)c1ccccc1CN1CCOCC1CO. The van der Waals surface area contributed by atoms with Gasteiger partial charge in [-0.2, -0.15) is 0 Å². The molecule has 6 heteroatoms. The maximum atomic E-state index is 9.35. The van der Waals surface area contributed by atoms with Crippen LogP contribution in [0.5, 0.6) is 0 Å². The molecule has 104 valence electrons. The van der Waals surface area contributed by atoms with Crippen molar-refractivity contribution in [2.75, 3.05) is 26.4 Å². The Kier molecular flexibility index (Phi) is 4.73. The van der Waals surface area contributed by atoms with E-state index in [1.807, 2.05) is 24.3 Å². The lowest BCUT2D eigenvalue weighted by Crippen LogP contribution is -2.47. The molecule has 0 bridgehead atoms. The number of morpholine rings is 1. The minimum atomic E-state index is -0.00547. The Balaban J connectivity index is 2.18. The first-order valence-corrected chi connectivity index (χ1v) is 6.24. The smallest absolute Gasteiger partial charge is 0.170 e. The molecule has 0 spiro atoms. The van der Waals surface area contributed by atoms with Crippen molar-refractivity contribution in [3.05, 3.63) is 35.4 Å². The van der Waals surface area contributed by atoms with E-state index in [4.69, 9.17) is 15.7 Å². The Morgan fingerprint density at radius 1 is 1.47 bits per heavy atom. The predicted molar refractivity (Wildman–Crippen MR) is 71.1 cm³/mol. The molecule has 2 rings (SSSR count). The summed E-state index contributed by atoms with van der Waals surface area (Å²) in [5.41, 5.74) is 7.36. The van der Waals surface area contributed by atoms with Crippen molar-refractivity contribution in [2.24, 2.45) is 10.9 Å². The zero-order valence-electron chi connectivity index (χ0n) is 10.7. The second-order valence-electron chi connectivity index (χ2n) is 4.52. The first-order valence-electron chi connectivity index (χ1n) is 6.24. The first kappa shape index (κ1) is 13.8. The normalized spacial score (nSPS) is 21.5. The topological polar surface area (TPSA) is 91.3 Å². The van der Waals surface area contributed by atoms with E-state index in [2.05, 4.69) is 10.1 Å². The molecule has 1 fully saturated rings. The third-order valence-corrected chi connectivity index (χ3v) is 3.33. The number of amidine groups is 1. The molecule has 19 heavy (non-hydrogen) atoms. The van der Waals surface area contributed by atoms with E-state index in [0.29, 0.717) is 25.3 Å². The number of aliphatic hydroxyl groups excluding tert-OH is 1. The first-order chi connectivity index (χ1) is 9.26. The van der Waals surface area contributed by atoms with E-state index in [1.54, 1.807) is 0 Å².